The van der Waals surface area contributed by atoms with Gasteiger partial charge in [-0.25, -0.2) is 9.97 Å². The molecule has 1 amide bonds. The fraction of sp³-hybridized carbons (Fsp3) is 0.556. The molecule has 1 saturated heterocycles. The van der Waals surface area contributed by atoms with Crippen LogP contribution in [0.3, 0.4) is 0 Å². The van der Waals surface area contributed by atoms with Gasteiger partial charge in [0, 0.05) is 56.8 Å². The number of imidazole rings is 1. The van der Waals surface area contributed by atoms with E-state index in [1.165, 1.54) is 0 Å². The van der Waals surface area contributed by atoms with Crippen molar-refractivity contribution in [3.05, 3.63) is 36.3 Å². The molecule has 1 fully saturated rings. The molecule has 3 rings (SSSR count). The van der Waals surface area contributed by atoms with E-state index in [1.54, 1.807) is 25.7 Å². The van der Waals surface area contributed by atoms with Gasteiger partial charge in [-0.15, -0.1) is 0 Å². The molecule has 0 bridgehead atoms. The number of aromatic nitrogens is 4. The molecule has 0 aromatic carbocycles. The van der Waals surface area contributed by atoms with Crippen LogP contribution >= 0.6 is 0 Å². The van der Waals surface area contributed by atoms with Gasteiger partial charge in [-0.1, -0.05) is 13.8 Å². The Labute approximate surface area is 148 Å². The third-order valence-corrected chi connectivity index (χ3v) is 4.55. The molecule has 2 aromatic rings. The second-order valence-corrected chi connectivity index (χ2v) is 6.69. The Morgan fingerprint density at radius 3 is 2.84 bits per heavy atom. The van der Waals surface area contributed by atoms with Crippen LogP contribution in [0, 0.1) is 0 Å². The average molecular weight is 343 g/mol. The fourth-order valence-corrected chi connectivity index (χ4v) is 3.38. The number of amides is 1. The van der Waals surface area contributed by atoms with E-state index >= 15 is 0 Å². The SMILES string of the molecule is COCC(=O)N1CCC[C@H](c2nccnc2-n2ccnc2C(C)C)C1. The van der Waals surface area contributed by atoms with Crippen molar-refractivity contribution in [1.82, 2.24) is 24.4 Å². The molecule has 1 atom stereocenters. The van der Waals surface area contributed by atoms with Gasteiger partial charge in [-0.2, -0.15) is 0 Å². The Balaban J connectivity index is 1.90. The fourth-order valence-electron chi connectivity index (χ4n) is 3.38. The maximum atomic E-state index is 12.2. The predicted molar refractivity (Wildman–Crippen MR) is 93.7 cm³/mol. The summed E-state index contributed by atoms with van der Waals surface area (Å²) in [5.41, 5.74) is 0.928. The average Bonchev–Trinajstić information content (AvgIpc) is 3.12. The summed E-state index contributed by atoms with van der Waals surface area (Å²) in [5.74, 6) is 2.26. The largest absolute Gasteiger partial charge is 0.375 e. The molecular weight excluding hydrogens is 318 g/mol. The summed E-state index contributed by atoms with van der Waals surface area (Å²) in [7, 11) is 1.55. The number of hydrogen-bond donors (Lipinski definition) is 0. The van der Waals surface area contributed by atoms with Crippen molar-refractivity contribution >= 4 is 5.91 Å². The van der Waals surface area contributed by atoms with Crippen LogP contribution in [0.4, 0.5) is 0 Å². The van der Waals surface area contributed by atoms with Crippen molar-refractivity contribution in [1.29, 1.82) is 0 Å². The zero-order chi connectivity index (χ0) is 17.8. The zero-order valence-corrected chi connectivity index (χ0v) is 15.1. The number of rotatable bonds is 5. The second-order valence-electron chi connectivity index (χ2n) is 6.69. The first-order chi connectivity index (χ1) is 12.1. The monoisotopic (exact) mass is 343 g/mol. The van der Waals surface area contributed by atoms with Gasteiger partial charge in [0.25, 0.3) is 0 Å². The standard InChI is InChI=1S/C18H25N5O2/c1-13(2)17-21-8-10-23(17)18-16(19-6-7-20-18)14-5-4-9-22(11-14)15(24)12-25-3/h6-8,10,13-14H,4-5,9,11-12H2,1-3H3/t14-/m0/s1. The number of ether oxygens (including phenoxy) is 1. The normalized spacial score (nSPS) is 17.9. The lowest BCUT2D eigenvalue weighted by molar-refractivity contribution is -0.136. The van der Waals surface area contributed by atoms with Gasteiger partial charge in [0.2, 0.25) is 5.91 Å². The van der Waals surface area contributed by atoms with Crippen molar-refractivity contribution < 1.29 is 9.53 Å². The van der Waals surface area contributed by atoms with Crippen LogP contribution in [-0.4, -0.2) is 57.1 Å². The number of carbonyl (C=O) groups is 1. The van der Waals surface area contributed by atoms with E-state index in [1.807, 2.05) is 15.7 Å². The second kappa shape index (κ2) is 7.74. The Bertz CT molecular complexity index is 728. The van der Waals surface area contributed by atoms with Crippen LogP contribution in [0.15, 0.2) is 24.8 Å². The lowest BCUT2D eigenvalue weighted by Crippen LogP contribution is -2.41. The summed E-state index contributed by atoms with van der Waals surface area (Å²) in [6.07, 6.45) is 9.11. The molecule has 2 aromatic heterocycles. The minimum absolute atomic E-state index is 0.0307. The van der Waals surface area contributed by atoms with Crippen LogP contribution in [0.5, 0.6) is 0 Å². The van der Waals surface area contributed by atoms with Gasteiger partial charge >= 0.3 is 0 Å². The van der Waals surface area contributed by atoms with Gasteiger partial charge in [0.15, 0.2) is 5.82 Å². The summed E-state index contributed by atoms with van der Waals surface area (Å²) in [5, 5.41) is 0. The van der Waals surface area contributed by atoms with Crippen molar-refractivity contribution in [3.63, 3.8) is 0 Å². The lowest BCUT2D eigenvalue weighted by Gasteiger charge is -2.33. The van der Waals surface area contributed by atoms with E-state index in [4.69, 9.17) is 4.74 Å². The summed E-state index contributed by atoms with van der Waals surface area (Å²) in [4.78, 5) is 27.7. The number of piperidine rings is 1. The quantitative estimate of drug-likeness (QED) is 0.831. The van der Waals surface area contributed by atoms with Gasteiger partial charge < -0.3 is 9.64 Å². The molecule has 1 aliphatic rings. The molecule has 0 N–H and O–H groups in total. The van der Waals surface area contributed by atoms with Gasteiger partial charge in [0.05, 0.1) is 5.69 Å². The van der Waals surface area contributed by atoms with Crippen LogP contribution in [-0.2, 0) is 9.53 Å². The van der Waals surface area contributed by atoms with Crippen LogP contribution in [0.1, 0.15) is 50.0 Å². The molecule has 0 saturated carbocycles. The zero-order valence-electron chi connectivity index (χ0n) is 15.1. The van der Waals surface area contributed by atoms with E-state index in [0.29, 0.717) is 6.54 Å². The van der Waals surface area contributed by atoms with Crippen molar-refractivity contribution in [2.75, 3.05) is 26.8 Å². The van der Waals surface area contributed by atoms with Crippen molar-refractivity contribution in [3.8, 4) is 5.82 Å². The molecule has 134 valence electrons. The van der Waals surface area contributed by atoms with E-state index in [9.17, 15) is 4.79 Å². The van der Waals surface area contributed by atoms with Gasteiger partial charge in [-0.05, 0) is 12.8 Å². The van der Waals surface area contributed by atoms with Crippen LogP contribution in [0.2, 0.25) is 0 Å². The molecule has 3 heterocycles. The molecule has 0 unspecified atom stereocenters. The first-order valence-electron chi connectivity index (χ1n) is 8.73. The summed E-state index contributed by atoms with van der Waals surface area (Å²) in [6, 6.07) is 0. The molecular formula is C18H25N5O2. The van der Waals surface area contributed by atoms with Crippen molar-refractivity contribution in [2.24, 2.45) is 0 Å². The molecule has 1 aliphatic heterocycles. The van der Waals surface area contributed by atoms with E-state index < -0.39 is 0 Å². The topological polar surface area (TPSA) is 73.1 Å². The van der Waals surface area contributed by atoms with E-state index in [2.05, 4.69) is 28.8 Å². The molecule has 0 spiro atoms. The molecule has 25 heavy (non-hydrogen) atoms. The van der Waals surface area contributed by atoms with Crippen LogP contribution < -0.4 is 0 Å². The first kappa shape index (κ1) is 17.5. The molecule has 0 aliphatic carbocycles. The van der Waals surface area contributed by atoms with E-state index in [-0.39, 0.29) is 24.3 Å². The van der Waals surface area contributed by atoms with Gasteiger partial charge in [-0.3, -0.25) is 14.3 Å². The Hall–Kier alpha value is -2.28. The Morgan fingerprint density at radius 2 is 2.08 bits per heavy atom. The Morgan fingerprint density at radius 1 is 1.28 bits per heavy atom. The highest BCUT2D eigenvalue weighted by Crippen LogP contribution is 2.29. The molecule has 7 nitrogen and oxygen atoms in total. The number of methoxy groups -OCH3 is 1. The van der Waals surface area contributed by atoms with E-state index in [0.717, 1.165) is 36.7 Å². The summed E-state index contributed by atoms with van der Waals surface area (Å²) >= 11 is 0. The highest BCUT2D eigenvalue weighted by molar-refractivity contribution is 5.77. The third-order valence-electron chi connectivity index (χ3n) is 4.55. The number of hydrogen-bond acceptors (Lipinski definition) is 5. The highest BCUT2D eigenvalue weighted by atomic mass is 16.5. The number of nitrogens with zero attached hydrogens (tertiary/aromatic N) is 5. The minimum atomic E-state index is 0.0307. The third kappa shape index (κ3) is 3.71. The van der Waals surface area contributed by atoms with Gasteiger partial charge in [0.1, 0.15) is 12.4 Å². The minimum Gasteiger partial charge on any atom is -0.375 e. The Kier molecular flexibility index (Phi) is 5.43. The number of likely N-dealkylation sites (tertiary alicyclic amines) is 1. The summed E-state index contributed by atoms with van der Waals surface area (Å²) < 4.78 is 7.01. The molecule has 0 radical (unpaired) electrons. The smallest absolute Gasteiger partial charge is 0.248 e. The maximum absolute atomic E-state index is 12.2. The first-order valence-corrected chi connectivity index (χ1v) is 8.73. The van der Waals surface area contributed by atoms with Crippen LogP contribution in [0.25, 0.3) is 5.82 Å². The number of carbonyl (C=O) groups excluding carboxylic acids is 1. The predicted octanol–water partition coefficient (Wildman–Crippen LogP) is 2.14. The van der Waals surface area contributed by atoms with Crippen molar-refractivity contribution in [2.45, 2.75) is 38.5 Å². The highest BCUT2D eigenvalue weighted by Gasteiger charge is 2.28. The maximum Gasteiger partial charge on any atom is 0.248 e. The molecule has 7 heteroatoms. The lowest BCUT2D eigenvalue weighted by atomic mass is 9.94. The summed E-state index contributed by atoms with van der Waals surface area (Å²) in [6.45, 7) is 5.77.